The Hall–Kier alpha value is -1.10. The number of aliphatic carboxylic acids is 1. The van der Waals surface area contributed by atoms with Gasteiger partial charge in [-0.2, -0.15) is 0 Å². The molecule has 0 spiro atoms. The fourth-order valence-corrected chi connectivity index (χ4v) is 9.93. The average Bonchev–Trinajstić information content (AvgIpc) is 2.39. The summed E-state index contributed by atoms with van der Waals surface area (Å²) in [6.07, 6.45) is 3.98. The first-order chi connectivity index (χ1) is 10.4. The zero-order valence-corrected chi connectivity index (χ0v) is 17.0. The molecule has 0 atom stereocenters. The lowest BCUT2D eigenvalue weighted by Gasteiger charge is -2.49. The highest BCUT2D eigenvalue weighted by Crippen LogP contribution is 2.54. The molecular weight excluding hydrogens is 308 g/mol. The van der Waals surface area contributed by atoms with E-state index in [4.69, 9.17) is 9.53 Å². The molecule has 0 aliphatic heterocycles. The summed E-state index contributed by atoms with van der Waals surface area (Å²) in [6, 6.07) is 0. The molecule has 134 valence electrons. The maximum absolute atomic E-state index is 12.2. The summed E-state index contributed by atoms with van der Waals surface area (Å²) in [4.78, 5) is 22.8. The summed E-state index contributed by atoms with van der Waals surface area (Å²) in [6.45, 7) is 17.3. The maximum atomic E-state index is 12.2. The van der Waals surface area contributed by atoms with Gasteiger partial charge in [-0.3, -0.25) is 0 Å². The van der Waals surface area contributed by atoms with Crippen molar-refractivity contribution in [1.82, 2.24) is 0 Å². The lowest BCUT2D eigenvalue weighted by atomic mass is 10.00. The van der Waals surface area contributed by atoms with Crippen LogP contribution in [0.5, 0.6) is 0 Å². The number of carboxylic acid groups (broad SMARTS) is 1. The van der Waals surface area contributed by atoms with Crippen LogP contribution in [0, 0.1) is 5.92 Å². The second kappa shape index (κ2) is 8.67. The van der Waals surface area contributed by atoms with Gasteiger partial charge in [0.2, 0.25) is 0 Å². The van der Waals surface area contributed by atoms with Crippen molar-refractivity contribution >= 4 is 20.3 Å². The van der Waals surface area contributed by atoms with Gasteiger partial charge in [-0.15, -0.1) is 0 Å². The minimum atomic E-state index is -2.47. The van der Waals surface area contributed by atoms with E-state index < -0.39 is 20.3 Å². The topological polar surface area (TPSA) is 63.6 Å². The molecule has 0 saturated heterocycles. The Morgan fingerprint density at radius 3 is 1.87 bits per heavy atom. The van der Waals surface area contributed by atoms with Gasteiger partial charge in [0.25, 0.3) is 8.32 Å². The van der Waals surface area contributed by atoms with Crippen LogP contribution in [-0.4, -0.2) is 25.4 Å². The lowest BCUT2D eigenvalue weighted by molar-refractivity contribution is -0.133. The van der Waals surface area contributed by atoms with Gasteiger partial charge in [-0.05, 0) is 28.5 Å². The van der Waals surface area contributed by atoms with E-state index >= 15 is 0 Å². The molecule has 0 aromatic rings. The molecule has 0 rings (SSSR count). The van der Waals surface area contributed by atoms with Crippen LogP contribution in [0.15, 0.2) is 12.2 Å². The summed E-state index contributed by atoms with van der Waals surface area (Å²) < 4.78 is 6.06. The van der Waals surface area contributed by atoms with Gasteiger partial charge < -0.3 is 9.53 Å². The van der Waals surface area contributed by atoms with Gasteiger partial charge in [0.1, 0.15) is 0 Å². The maximum Gasteiger partial charge on any atom is 0.328 e. The number of rotatable bonds is 9. The first-order valence-corrected chi connectivity index (χ1v) is 10.6. The summed E-state index contributed by atoms with van der Waals surface area (Å²) in [5, 5.41) is 8.62. The van der Waals surface area contributed by atoms with E-state index in [9.17, 15) is 9.59 Å². The largest absolute Gasteiger partial charge is 0.515 e. The van der Waals surface area contributed by atoms with Gasteiger partial charge in [-0.25, -0.2) is 9.59 Å². The molecule has 0 amide bonds. The zero-order chi connectivity index (χ0) is 18.4. The van der Waals surface area contributed by atoms with Gasteiger partial charge >= 0.3 is 11.9 Å². The number of hydrogen-bond acceptors (Lipinski definition) is 3. The summed E-state index contributed by atoms with van der Waals surface area (Å²) in [5.74, 6) is -1.07. The molecule has 0 saturated carbocycles. The Labute approximate surface area is 142 Å². The summed E-state index contributed by atoms with van der Waals surface area (Å²) in [7, 11) is -2.47. The Balaban J connectivity index is 5.64. The quantitative estimate of drug-likeness (QED) is 0.465. The minimum Gasteiger partial charge on any atom is -0.515 e. The molecule has 0 fully saturated rings. The molecule has 0 aromatic carbocycles. The molecular formula is C18H34O4Si. The molecule has 0 aliphatic carbocycles. The van der Waals surface area contributed by atoms with Crippen molar-refractivity contribution in [3.05, 3.63) is 12.2 Å². The number of carboxylic acids is 1. The van der Waals surface area contributed by atoms with Crippen molar-refractivity contribution in [3.8, 4) is 0 Å². The minimum absolute atomic E-state index is 0.0771. The van der Waals surface area contributed by atoms with Crippen LogP contribution in [-0.2, 0) is 14.0 Å². The van der Waals surface area contributed by atoms with Crippen molar-refractivity contribution in [2.45, 2.75) is 84.4 Å². The van der Waals surface area contributed by atoms with E-state index in [-0.39, 0.29) is 16.1 Å². The van der Waals surface area contributed by atoms with Crippen molar-refractivity contribution in [1.29, 1.82) is 0 Å². The van der Waals surface area contributed by atoms with Gasteiger partial charge in [0.05, 0.1) is 0 Å². The monoisotopic (exact) mass is 342 g/mol. The molecule has 5 heteroatoms. The highest BCUT2D eigenvalue weighted by atomic mass is 28.4. The Morgan fingerprint density at radius 1 is 1.04 bits per heavy atom. The standard InChI is InChI=1S/C18H34O4Si/c1-13(2)11-12-18(7,8)23(14(3)4,15(5)6)22-17(21)10-9-16(19)20/h9-10,13-15H,11-12H2,1-8H3,(H,19,20)/b10-9+. The number of hydrogen-bond donors (Lipinski definition) is 1. The molecule has 0 radical (unpaired) electrons. The van der Waals surface area contributed by atoms with Crippen molar-refractivity contribution in [2.24, 2.45) is 5.92 Å². The van der Waals surface area contributed by atoms with Crippen LogP contribution in [0.2, 0.25) is 16.1 Å². The van der Waals surface area contributed by atoms with E-state index in [2.05, 4.69) is 55.4 Å². The smallest absolute Gasteiger partial charge is 0.328 e. The molecule has 1 N–H and O–H groups in total. The van der Waals surface area contributed by atoms with Crippen molar-refractivity contribution < 1.29 is 19.1 Å². The number of carbonyl (C=O) groups excluding carboxylic acids is 1. The van der Waals surface area contributed by atoms with Crippen LogP contribution in [0.3, 0.4) is 0 Å². The molecule has 0 aromatic heterocycles. The molecule has 0 unspecified atom stereocenters. The Bertz CT molecular complexity index is 428. The first-order valence-electron chi connectivity index (χ1n) is 8.50. The molecule has 4 nitrogen and oxygen atoms in total. The van der Waals surface area contributed by atoms with Crippen molar-refractivity contribution in [2.75, 3.05) is 0 Å². The van der Waals surface area contributed by atoms with Crippen LogP contribution < -0.4 is 0 Å². The molecule has 0 heterocycles. The Morgan fingerprint density at radius 2 is 1.52 bits per heavy atom. The fourth-order valence-electron chi connectivity index (χ4n) is 3.79. The van der Waals surface area contributed by atoms with Crippen molar-refractivity contribution in [3.63, 3.8) is 0 Å². The third-order valence-electron chi connectivity index (χ3n) is 4.75. The van der Waals surface area contributed by atoms with Crippen LogP contribution in [0.25, 0.3) is 0 Å². The van der Waals surface area contributed by atoms with E-state index in [0.717, 1.165) is 25.0 Å². The van der Waals surface area contributed by atoms with Crippen LogP contribution in [0.1, 0.15) is 68.2 Å². The predicted molar refractivity (Wildman–Crippen MR) is 96.9 cm³/mol. The first kappa shape index (κ1) is 21.9. The SMILES string of the molecule is CC(C)CCC(C)(C)[Si](OC(=O)/C=C/C(=O)O)(C(C)C)C(C)C. The van der Waals surface area contributed by atoms with E-state index in [0.29, 0.717) is 5.92 Å². The average molecular weight is 343 g/mol. The summed E-state index contributed by atoms with van der Waals surface area (Å²) >= 11 is 0. The summed E-state index contributed by atoms with van der Waals surface area (Å²) in [5.41, 5.74) is 0.513. The zero-order valence-electron chi connectivity index (χ0n) is 16.0. The third-order valence-corrected chi connectivity index (χ3v) is 11.1. The van der Waals surface area contributed by atoms with Gasteiger partial charge in [-0.1, -0.05) is 61.8 Å². The predicted octanol–water partition coefficient (Wildman–Crippen LogP) is 5.15. The highest BCUT2D eigenvalue weighted by Gasteiger charge is 2.56. The van der Waals surface area contributed by atoms with Gasteiger partial charge in [0, 0.05) is 12.2 Å². The highest BCUT2D eigenvalue weighted by molar-refractivity contribution is 6.80. The number of carbonyl (C=O) groups is 2. The van der Waals surface area contributed by atoms with E-state index in [1.54, 1.807) is 0 Å². The van der Waals surface area contributed by atoms with Crippen LogP contribution in [0.4, 0.5) is 0 Å². The second-order valence-electron chi connectivity index (χ2n) is 8.01. The van der Waals surface area contributed by atoms with Gasteiger partial charge in [0.15, 0.2) is 0 Å². The molecule has 0 bridgehead atoms. The second-order valence-corrected chi connectivity index (χ2v) is 13.5. The molecule has 23 heavy (non-hydrogen) atoms. The van der Waals surface area contributed by atoms with E-state index in [1.165, 1.54) is 0 Å². The normalized spacial score (nSPS) is 13.3. The molecule has 0 aliphatic rings. The lowest BCUT2D eigenvalue weighted by Crippen LogP contribution is -2.54. The third kappa shape index (κ3) is 5.79. The van der Waals surface area contributed by atoms with Crippen LogP contribution >= 0.6 is 0 Å². The van der Waals surface area contributed by atoms with E-state index in [1.807, 2.05) is 0 Å². The fraction of sp³-hybridized carbons (Fsp3) is 0.778. The Kier molecular flexibility index (Phi) is 8.25.